The summed E-state index contributed by atoms with van der Waals surface area (Å²) in [5.41, 5.74) is 5.47. The fraction of sp³-hybridized carbons (Fsp3) is 0.750. The number of rotatable bonds is 25. The summed E-state index contributed by atoms with van der Waals surface area (Å²) in [7, 11) is 0. The number of ether oxygens (including phenoxy) is 4. The number of carbonyl (C=O) groups excluding carboxylic acids is 6. The Morgan fingerprint density at radius 1 is 0.688 bits per heavy atom. The van der Waals surface area contributed by atoms with Crippen molar-refractivity contribution in [2.75, 3.05) is 19.8 Å². The van der Waals surface area contributed by atoms with Crippen molar-refractivity contribution in [2.45, 2.75) is 151 Å². The minimum absolute atomic E-state index is 0.0167. The highest BCUT2D eigenvalue weighted by Gasteiger charge is 2.53. The molecule has 2 saturated heterocycles. The summed E-state index contributed by atoms with van der Waals surface area (Å²) in [5.74, 6) is -9.67. The second kappa shape index (κ2) is 26.0. The van der Waals surface area contributed by atoms with Gasteiger partial charge in [-0.15, -0.1) is 0 Å². The van der Waals surface area contributed by atoms with E-state index < -0.39 is 178 Å². The Morgan fingerprint density at radius 2 is 1.30 bits per heavy atom. The molecule has 28 heteroatoms. The van der Waals surface area contributed by atoms with Crippen molar-refractivity contribution in [3.8, 4) is 0 Å². The quantitative estimate of drug-likeness (QED) is 0.0404. The Balaban J connectivity index is 2.20. The third-order valence-corrected chi connectivity index (χ3v) is 9.91. The van der Waals surface area contributed by atoms with Crippen LogP contribution in [0.2, 0.25) is 0 Å². The molecule has 2 fully saturated rings. The number of aliphatic hydroxyl groups excluding tert-OH is 5. The van der Waals surface area contributed by atoms with Gasteiger partial charge in [0.1, 0.15) is 85.5 Å². The van der Waals surface area contributed by atoms with Crippen molar-refractivity contribution < 1.29 is 103 Å². The van der Waals surface area contributed by atoms with Gasteiger partial charge in [-0.1, -0.05) is 0 Å². The molecule has 2 aliphatic heterocycles. The van der Waals surface area contributed by atoms with Gasteiger partial charge in [-0.05, 0) is 39.5 Å². The zero-order valence-electron chi connectivity index (χ0n) is 35.3. The number of aliphatic carboxylic acids is 3. The average Bonchev–Trinajstić information content (AvgIpc) is 3.21. The predicted molar refractivity (Wildman–Crippen MR) is 209 cm³/mol. The first-order chi connectivity index (χ1) is 29.9. The lowest BCUT2D eigenvalue weighted by atomic mass is 9.94. The number of carboxylic acids is 3. The lowest BCUT2D eigenvalue weighted by Gasteiger charge is -2.48. The maximum atomic E-state index is 13.4. The van der Waals surface area contributed by atoms with E-state index in [9.17, 15) is 73.8 Å². The first kappa shape index (κ1) is 55.0. The van der Waals surface area contributed by atoms with E-state index in [4.69, 9.17) is 34.9 Å². The second-order valence-corrected chi connectivity index (χ2v) is 15.0. The Hall–Kier alpha value is -5.17. The first-order valence-electron chi connectivity index (χ1n) is 19.9. The largest absolute Gasteiger partial charge is 0.480 e. The van der Waals surface area contributed by atoms with Gasteiger partial charge in [0.2, 0.25) is 35.4 Å². The third kappa shape index (κ3) is 16.8. The van der Waals surface area contributed by atoms with Crippen LogP contribution in [-0.2, 0) is 62.1 Å². The van der Waals surface area contributed by atoms with Gasteiger partial charge in [0.25, 0.3) is 0 Å². The molecule has 2 rings (SSSR count). The monoisotopic (exact) mass is 925 g/mol. The summed E-state index contributed by atoms with van der Waals surface area (Å²) in [4.78, 5) is 110. The van der Waals surface area contributed by atoms with Gasteiger partial charge in [-0.3, -0.25) is 38.4 Å². The van der Waals surface area contributed by atoms with E-state index in [1.807, 2.05) is 0 Å². The second-order valence-electron chi connectivity index (χ2n) is 15.0. The zero-order valence-corrected chi connectivity index (χ0v) is 35.3. The molecule has 0 aliphatic carbocycles. The van der Waals surface area contributed by atoms with Gasteiger partial charge in [-0.25, -0.2) is 4.79 Å². The molecule has 2 aliphatic rings. The van der Waals surface area contributed by atoms with Crippen LogP contribution in [0.25, 0.3) is 0 Å². The highest BCUT2D eigenvalue weighted by Crippen LogP contribution is 2.31. The van der Waals surface area contributed by atoms with Crippen LogP contribution >= 0.6 is 0 Å². The fourth-order valence-corrected chi connectivity index (χ4v) is 6.53. The third-order valence-electron chi connectivity index (χ3n) is 9.91. The molecule has 6 amide bonds. The Morgan fingerprint density at radius 3 is 1.84 bits per heavy atom. The Bertz CT molecular complexity index is 1660. The number of aliphatic hydroxyl groups is 5. The van der Waals surface area contributed by atoms with Crippen molar-refractivity contribution in [1.82, 2.24) is 31.9 Å². The van der Waals surface area contributed by atoms with Gasteiger partial charge >= 0.3 is 17.9 Å². The Kier molecular flexibility index (Phi) is 22.3. The van der Waals surface area contributed by atoms with Crippen molar-refractivity contribution in [3.63, 3.8) is 0 Å². The van der Waals surface area contributed by atoms with Crippen molar-refractivity contribution in [3.05, 3.63) is 0 Å². The zero-order chi connectivity index (χ0) is 48.6. The van der Waals surface area contributed by atoms with Crippen LogP contribution in [0.15, 0.2) is 0 Å². The average molecular weight is 926 g/mol. The number of carboxylic acid groups (broad SMARTS) is 3. The van der Waals surface area contributed by atoms with E-state index in [2.05, 4.69) is 31.9 Å². The minimum Gasteiger partial charge on any atom is -0.480 e. The smallest absolute Gasteiger partial charge is 0.326 e. The summed E-state index contributed by atoms with van der Waals surface area (Å²) in [6.07, 6.45) is -16.4. The Labute approximate surface area is 364 Å². The molecule has 15 unspecified atom stereocenters. The summed E-state index contributed by atoms with van der Waals surface area (Å²) in [5, 5.41) is 93.3. The van der Waals surface area contributed by atoms with Gasteiger partial charge in [0.15, 0.2) is 12.6 Å². The van der Waals surface area contributed by atoms with Crippen molar-refractivity contribution >= 4 is 53.4 Å². The van der Waals surface area contributed by atoms with E-state index >= 15 is 0 Å². The van der Waals surface area contributed by atoms with Crippen LogP contribution in [0, 0.1) is 0 Å². The maximum absolute atomic E-state index is 13.4. The van der Waals surface area contributed by atoms with Crippen LogP contribution < -0.4 is 37.6 Å². The van der Waals surface area contributed by atoms with E-state index in [0.717, 1.165) is 20.8 Å². The SMILES string of the molecule is CC(=O)NC1C(OC2C(CO)OC(O)C(NC(C)=O)C2OC(C)C(=O)NC(C)C(=O)NC(CCC(=O)NC(CCCC(N)C(=O)O)C(=O)NCC(=O)O)C(=O)O)OC(CO)C(O)C1O. The normalized spacial score (nSPS) is 27.8. The van der Waals surface area contributed by atoms with E-state index in [-0.39, 0.29) is 19.3 Å². The van der Waals surface area contributed by atoms with Gasteiger partial charge in [0.05, 0.1) is 13.2 Å². The van der Waals surface area contributed by atoms with Crippen molar-refractivity contribution in [1.29, 1.82) is 0 Å². The molecule has 0 spiro atoms. The van der Waals surface area contributed by atoms with Crippen LogP contribution in [0.5, 0.6) is 0 Å². The molecule has 0 aromatic rings. The fourth-order valence-electron chi connectivity index (χ4n) is 6.53. The molecule has 64 heavy (non-hydrogen) atoms. The molecule has 2 heterocycles. The minimum atomic E-state index is -1.90. The standard InChI is InChI=1S/C36H59N7O21/c1-13(30(53)43-19(34(58)59)8-9-22(48)42-18(32(55)38-10-23(49)50)7-5-6-17(37)33(56)57)39-31(54)14(2)61-29-25(41-16(4)47)35(60)62-21(12-45)28(29)64-36-24(40-15(3)46)27(52)26(51)20(11-44)63-36/h13-14,17-21,24-29,35-36,44-45,51-52,60H,5-12,37H2,1-4H3,(H,38,55)(H,39,54)(H,40,46)(H,41,47)(H,42,48)(H,43,53)(H,49,50)(H,56,57)(H,58,59). The predicted octanol–water partition coefficient (Wildman–Crippen LogP) is -7.57. The molecule has 0 aromatic carbocycles. The van der Waals surface area contributed by atoms with Crippen LogP contribution in [0.4, 0.5) is 0 Å². The summed E-state index contributed by atoms with van der Waals surface area (Å²) < 4.78 is 23.1. The molecule has 16 N–H and O–H groups in total. The van der Waals surface area contributed by atoms with E-state index in [0.29, 0.717) is 0 Å². The molecule has 0 radical (unpaired) electrons. The molecule has 15 atom stereocenters. The number of carbonyl (C=O) groups is 9. The number of hydrogen-bond acceptors (Lipinski definition) is 19. The summed E-state index contributed by atoms with van der Waals surface area (Å²) in [6.45, 7) is 1.95. The highest BCUT2D eigenvalue weighted by molar-refractivity contribution is 5.92. The molecular weight excluding hydrogens is 866 g/mol. The van der Waals surface area contributed by atoms with Crippen LogP contribution in [0.3, 0.4) is 0 Å². The van der Waals surface area contributed by atoms with E-state index in [1.54, 1.807) is 0 Å². The molecular formula is C36H59N7O21. The van der Waals surface area contributed by atoms with Gasteiger partial charge in [0, 0.05) is 20.3 Å². The van der Waals surface area contributed by atoms with Gasteiger partial charge in [-0.2, -0.15) is 0 Å². The maximum Gasteiger partial charge on any atom is 0.326 e. The summed E-state index contributed by atoms with van der Waals surface area (Å²) >= 11 is 0. The van der Waals surface area contributed by atoms with Crippen molar-refractivity contribution in [2.24, 2.45) is 5.73 Å². The van der Waals surface area contributed by atoms with Gasteiger partial charge < -0.3 is 97.4 Å². The highest BCUT2D eigenvalue weighted by atomic mass is 16.7. The molecule has 28 nitrogen and oxygen atoms in total. The number of nitrogens with one attached hydrogen (secondary N) is 6. The number of amides is 6. The lowest BCUT2D eigenvalue weighted by molar-refractivity contribution is -0.333. The summed E-state index contributed by atoms with van der Waals surface area (Å²) in [6, 6.07) is -8.92. The van der Waals surface area contributed by atoms with E-state index in [1.165, 1.54) is 6.92 Å². The molecule has 0 saturated carbocycles. The topological polar surface area (TPSA) is 451 Å². The molecule has 0 bridgehead atoms. The lowest BCUT2D eigenvalue weighted by Crippen LogP contribution is -2.70. The first-order valence-corrected chi connectivity index (χ1v) is 19.9. The van der Waals surface area contributed by atoms with Crippen LogP contribution in [-0.4, -0.2) is 206 Å². The molecule has 0 aromatic heterocycles. The number of hydrogen-bond donors (Lipinski definition) is 15. The van der Waals surface area contributed by atoms with Crippen LogP contribution in [0.1, 0.15) is 59.8 Å². The molecule has 364 valence electrons. The number of nitrogens with two attached hydrogens (primary N) is 1.